The smallest absolute Gasteiger partial charge is 0.227 e. The van der Waals surface area contributed by atoms with Crippen LogP contribution in [0.4, 0.5) is 5.69 Å². The molecule has 7 heteroatoms. The highest BCUT2D eigenvalue weighted by molar-refractivity contribution is 5.96. The van der Waals surface area contributed by atoms with Gasteiger partial charge in [-0.15, -0.1) is 0 Å². The second kappa shape index (κ2) is 7.44. The molecular formula is C27H23N5O2. The maximum Gasteiger partial charge on any atom is 0.227 e. The number of hydrogen-bond acceptors (Lipinski definition) is 4. The number of rotatable bonds is 3. The fraction of sp³-hybridized carbons (Fsp3) is 0.222. The third kappa shape index (κ3) is 3.15. The fourth-order valence-corrected chi connectivity index (χ4v) is 5.02. The van der Waals surface area contributed by atoms with Gasteiger partial charge in [0.2, 0.25) is 5.91 Å². The largest absolute Gasteiger partial charge is 0.396 e. The summed E-state index contributed by atoms with van der Waals surface area (Å²) in [5.41, 5.74) is 6.30. The minimum absolute atomic E-state index is 0.0105. The van der Waals surface area contributed by atoms with Gasteiger partial charge in [-0.3, -0.25) is 9.36 Å². The van der Waals surface area contributed by atoms with Crippen LogP contribution < -0.4 is 4.90 Å². The van der Waals surface area contributed by atoms with Gasteiger partial charge in [0.15, 0.2) is 5.82 Å². The number of anilines is 1. The lowest BCUT2D eigenvalue weighted by Crippen LogP contribution is -2.28. The number of hydrogen-bond donors (Lipinski definition) is 1. The molecule has 0 spiro atoms. The quantitative estimate of drug-likeness (QED) is 0.451. The average molecular weight is 450 g/mol. The van der Waals surface area contributed by atoms with Gasteiger partial charge in [-0.2, -0.15) is 5.26 Å². The van der Waals surface area contributed by atoms with Crippen LogP contribution in [0.25, 0.3) is 28.3 Å². The monoisotopic (exact) mass is 449 g/mol. The van der Waals surface area contributed by atoms with Crippen LogP contribution >= 0.6 is 0 Å². The predicted molar refractivity (Wildman–Crippen MR) is 128 cm³/mol. The third-order valence-corrected chi connectivity index (χ3v) is 6.89. The number of imidazole rings is 1. The van der Waals surface area contributed by atoms with Crippen LogP contribution in [-0.2, 0) is 11.3 Å². The molecule has 2 aliphatic rings. The van der Waals surface area contributed by atoms with Crippen molar-refractivity contribution < 1.29 is 9.90 Å². The Morgan fingerprint density at radius 1 is 1.15 bits per heavy atom. The molecule has 0 saturated carbocycles. The normalized spacial score (nSPS) is 18.7. The maximum absolute atomic E-state index is 12.7. The summed E-state index contributed by atoms with van der Waals surface area (Å²) in [5.74, 6) is 0.898. The summed E-state index contributed by atoms with van der Waals surface area (Å²) in [5, 5.41) is 18.8. The number of carbonyl (C=O) groups is 1. The van der Waals surface area contributed by atoms with Crippen LogP contribution in [0.2, 0.25) is 0 Å². The van der Waals surface area contributed by atoms with Gasteiger partial charge in [-0.1, -0.05) is 19.1 Å². The predicted octanol–water partition coefficient (Wildman–Crippen LogP) is 3.98. The number of aliphatic hydroxyl groups is 1. The molecule has 0 aliphatic carbocycles. The molecule has 1 amide bonds. The van der Waals surface area contributed by atoms with E-state index in [-0.39, 0.29) is 12.5 Å². The number of nitriles is 1. The molecule has 6 rings (SSSR count). The topological polar surface area (TPSA) is 87.1 Å². The molecule has 0 bridgehead atoms. The van der Waals surface area contributed by atoms with E-state index in [1.807, 2.05) is 49.5 Å². The van der Waals surface area contributed by atoms with Gasteiger partial charge in [-0.05, 0) is 47.5 Å². The van der Waals surface area contributed by atoms with Crippen LogP contribution in [-0.4, -0.2) is 38.3 Å². The van der Waals surface area contributed by atoms with Gasteiger partial charge in [0.25, 0.3) is 0 Å². The van der Waals surface area contributed by atoms with Crippen molar-refractivity contribution >= 4 is 11.6 Å². The molecule has 1 atom stereocenters. The van der Waals surface area contributed by atoms with Gasteiger partial charge in [0.05, 0.1) is 29.6 Å². The molecule has 1 saturated heterocycles. The number of amides is 1. The van der Waals surface area contributed by atoms with Crippen molar-refractivity contribution in [3.63, 3.8) is 0 Å². The van der Waals surface area contributed by atoms with Crippen molar-refractivity contribution in [1.29, 1.82) is 5.26 Å². The Hall–Kier alpha value is -4.15. The molecular weight excluding hydrogens is 426 g/mol. The summed E-state index contributed by atoms with van der Waals surface area (Å²) in [7, 11) is 0. The van der Waals surface area contributed by atoms with E-state index >= 15 is 0 Å². The van der Waals surface area contributed by atoms with Gasteiger partial charge in [-0.25, -0.2) is 4.98 Å². The molecule has 0 radical (unpaired) electrons. The average Bonchev–Trinajstić information content (AvgIpc) is 3.55. The summed E-state index contributed by atoms with van der Waals surface area (Å²) in [6, 6.07) is 18.0. The van der Waals surface area contributed by atoms with Crippen LogP contribution in [0, 0.1) is 16.7 Å². The SMILES string of the molecule is CC1(CO)CC(=O)N(c2ccc3c(c2)Cn2cc(-c4ccc(C#N)cc4)cc2-c2nccn2-3)C1. The van der Waals surface area contributed by atoms with E-state index in [2.05, 4.69) is 38.5 Å². The van der Waals surface area contributed by atoms with E-state index < -0.39 is 5.41 Å². The van der Waals surface area contributed by atoms with E-state index in [9.17, 15) is 9.90 Å². The molecule has 4 aromatic rings. The number of nitrogens with zero attached hydrogens (tertiary/aromatic N) is 5. The van der Waals surface area contributed by atoms with Crippen LogP contribution in [0.5, 0.6) is 0 Å². The Labute approximate surface area is 197 Å². The summed E-state index contributed by atoms with van der Waals surface area (Å²) in [6.07, 6.45) is 6.22. The van der Waals surface area contributed by atoms with E-state index in [1.165, 1.54) is 0 Å². The minimum atomic E-state index is -0.412. The first-order chi connectivity index (χ1) is 16.5. The first kappa shape index (κ1) is 20.5. The molecule has 1 N–H and O–H groups in total. The van der Waals surface area contributed by atoms with E-state index in [1.54, 1.807) is 11.1 Å². The van der Waals surface area contributed by atoms with Crippen LogP contribution in [0.15, 0.2) is 67.1 Å². The van der Waals surface area contributed by atoms with Gasteiger partial charge >= 0.3 is 0 Å². The van der Waals surface area contributed by atoms with Crippen molar-refractivity contribution in [2.75, 3.05) is 18.1 Å². The van der Waals surface area contributed by atoms with E-state index in [0.717, 1.165) is 39.6 Å². The van der Waals surface area contributed by atoms with Crippen molar-refractivity contribution in [3.05, 3.63) is 78.2 Å². The van der Waals surface area contributed by atoms with Crippen LogP contribution in [0.1, 0.15) is 24.5 Å². The molecule has 2 aromatic heterocycles. The number of fused-ring (bicyclic) bond motifs is 5. The Kier molecular flexibility index (Phi) is 4.48. The maximum atomic E-state index is 12.7. The van der Waals surface area contributed by atoms with E-state index in [0.29, 0.717) is 25.1 Å². The molecule has 1 unspecified atom stereocenters. The van der Waals surface area contributed by atoms with E-state index in [4.69, 9.17) is 5.26 Å². The zero-order chi connectivity index (χ0) is 23.4. The molecule has 34 heavy (non-hydrogen) atoms. The highest BCUT2D eigenvalue weighted by Crippen LogP contribution is 2.38. The molecule has 7 nitrogen and oxygen atoms in total. The third-order valence-electron chi connectivity index (χ3n) is 6.89. The zero-order valence-corrected chi connectivity index (χ0v) is 18.8. The van der Waals surface area contributed by atoms with Crippen LogP contribution in [0.3, 0.4) is 0 Å². The number of benzene rings is 2. The molecule has 4 heterocycles. The number of carbonyl (C=O) groups excluding carboxylic acids is 1. The summed E-state index contributed by atoms with van der Waals surface area (Å²) in [4.78, 5) is 19.1. The molecule has 1 fully saturated rings. The van der Waals surface area contributed by atoms with Crippen molar-refractivity contribution in [1.82, 2.24) is 14.1 Å². The van der Waals surface area contributed by atoms with Crippen molar-refractivity contribution in [2.45, 2.75) is 19.9 Å². The standard InChI is InChI=1S/C27H23N5O2/c1-27(17-33)12-25(34)32(16-27)22-6-7-23-21(10-22)15-30-14-20(19-4-2-18(13-28)3-5-19)11-24(30)26-29-8-9-31(23)26/h2-11,14,33H,12,15-17H2,1H3. The zero-order valence-electron chi connectivity index (χ0n) is 18.8. The molecule has 2 aromatic carbocycles. The lowest BCUT2D eigenvalue weighted by Gasteiger charge is -2.22. The Morgan fingerprint density at radius 2 is 1.97 bits per heavy atom. The summed E-state index contributed by atoms with van der Waals surface area (Å²) >= 11 is 0. The van der Waals surface area contributed by atoms with Gasteiger partial charge in [0.1, 0.15) is 0 Å². The molecule has 2 aliphatic heterocycles. The fourth-order valence-electron chi connectivity index (χ4n) is 5.02. The Balaban J connectivity index is 1.42. The lowest BCUT2D eigenvalue weighted by molar-refractivity contribution is -0.117. The van der Waals surface area contributed by atoms with Crippen molar-refractivity contribution in [3.8, 4) is 34.4 Å². The summed E-state index contributed by atoms with van der Waals surface area (Å²) < 4.78 is 4.27. The number of aromatic nitrogens is 3. The highest BCUT2D eigenvalue weighted by Gasteiger charge is 2.40. The second-order valence-corrected chi connectivity index (χ2v) is 9.49. The first-order valence-electron chi connectivity index (χ1n) is 11.3. The Bertz CT molecular complexity index is 1470. The summed E-state index contributed by atoms with van der Waals surface area (Å²) in [6.45, 7) is 3.08. The second-order valence-electron chi connectivity index (χ2n) is 9.49. The van der Waals surface area contributed by atoms with Gasteiger partial charge in [0, 0.05) is 54.8 Å². The first-order valence-corrected chi connectivity index (χ1v) is 11.3. The highest BCUT2D eigenvalue weighted by atomic mass is 16.3. The van der Waals surface area contributed by atoms with Gasteiger partial charge < -0.3 is 14.6 Å². The number of aliphatic hydroxyl groups excluding tert-OH is 1. The Morgan fingerprint density at radius 3 is 2.71 bits per heavy atom. The van der Waals surface area contributed by atoms with Crippen molar-refractivity contribution in [2.24, 2.45) is 5.41 Å². The minimum Gasteiger partial charge on any atom is -0.396 e. The molecule has 168 valence electrons. The lowest BCUT2D eigenvalue weighted by atomic mass is 9.91.